The highest BCUT2D eigenvalue weighted by atomic mass is 17.2. The van der Waals surface area contributed by atoms with Gasteiger partial charge in [-0.15, -0.1) is 0 Å². The Morgan fingerprint density at radius 3 is 2.52 bits per heavy atom. The van der Waals surface area contributed by atoms with E-state index in [1.165, 1.54) is 31.2 Å². The lowest BCUT2D eigenvalue weighted by Crippen LogP contribution is -2.62. The molecule has 2 rings (SSSR count). The first-order valence-electron chi connectivity index (χ1n) is 8.31. The summed E-state index contributed by atoms with van der Waals surface area (Å²) in [6.07, 6.45) is -0.375. The predicted octanol–water partition coefficient (Wildman–Crippen LogP) is 1.07. The second-order valence-corrected chi connectivity index (χ2v) is 6.13. The van der Waals surface area contributed by atoms with Gasteiger partial charge in [-0.25, -0.2) is 4.79 Å². The van der Waals surface area contributed by atoms with Gasteiger partial charge in [0, 0.05) is 31.5 Å². The minimum atomic E-state index is -0.688. The molecule has 1 fully saturated rings. The molecule has 0 saturated carbocycles. The fourth-order valence-electron chi connectivity index (χ4n) is 2.70. The number of nitro groups is 1. The number of nitrogens with one attached hydrogen (secondary N) is 1. The van der Waals surface area contributed by atoms with Crippen molar-refractivity contribution in [2.24, 2.45) is 5.92 Å². The maximum absolute atomic E-state index is 11.8. The highest BCUT2D eigenvalue weighted by Gasteiger charge is 2.44. The molecule has 1 heterocycles. The van der Waals surface area contributed by atoms with E-state index in [4.69, 9.17) is 14.5 Å². The summed E-state index contributed by atoms with van der Waals surface area (Å²) in [4.78, 5) is 54.2. The van der Waals surface area contributed by atoms with Crippen molar-refractivity contribution >= 4 is 23.5 Å². The van der Waals surface area contributed by atoms with Crippen LogP contribution in [0.15, 0.2) is 24.3 Å². The van der Waals surface area contributed by atoms with Gasteiger partial charge in [-0.05, 0) is 12.5 Å². The zero-order valence-electron chi connectivity index (χ0n) is 14.9. The molecule has 146 valence electrons. The smallest absolute Gasteiger partial charge is 0.346 e. The first kappa shape index (κ1) is 20.3. The molecule has 10 heteroatoms. The summed E-state index contributed by atoms with van der Waals surface area (Å²) in [6.45, 7) is 3.07. The van der Waals surface area contributed by atoms with Gasteiger partial charge in [-0.2, -0.15) is 4.89 Å². The number of carbonyl (C=O) groups excluding carboxylic acids is 3. The van der Waals surface area contributed by atoms with Crippen LogP contribution in [0.3, 0.4) is 0 Å². The van der Waals surface area contributed by atoms with E-state index in [2.05, 4.69) is 5.32 Å². The van der Waals surface area contributed by atoms with Crippen molar-refractivity contribution < 1.29 is 33.8 Å². The van der Waals surface area contributed by atoms with Gasteiger partial charge < -0.3 is 10.1 Å². The van der Waals surface area contributed by atoms with Crippen LogP contribution in [0.25, 0.3) is 0 Å². The first-order valence-corrected chi connectivity index (χ1v) is 8.31. The van der Waals surface area contributed by atoms with E-state index in [1.54, 1.807) is 6.92 Å². The van der Waals surface area contributed by atoms with E-state index in [1.807, 2.05) is 0 Å². The van der Waals surface area contributed by atoms with Crippen LogP contribution >= 0.6 is 0 Å². The van der Waals surface area contributed by atoms with Crippen LogP contribution in [0.4, 0.5) is 5.69 Å². The molecule has 27 heavy (non-hydrogen) atoms. The summed E-state index contributed by atoms with van der Waals surface area (Å²) >= 11 is 0. The molecule has 0 bridgehead atoms. The fourth-order valence-corrected chi connectivity index (χ4v) is 2.70. The number of nitro benzene ring substituents is 1. The van der Waals surface area contributed by atoms with Gasteiger partial charge in [-0.1, -0.05) is 12.1 Å². The summed E-state index contributed by atoms with van der Waals surface area (Å²) < 4.78 is 4.84. The van der Waals surface area contributed by atoms with E-state index in [9.17, 15) is 24.5 Å². The van der Waals surface area contributed by atoms with Crippen LogP contribution in [-0.4, -0.2) is 41.5 Å². The number of amides is 1. The average Bonchev–Trinajstić information content (AvgIpc) is 2.59. The van der Waals surface area contributed by atoms with Crippen LogP contribution in [0.2, 0.25) is 0 Å². The summed E-state index contributed by atoms with van der Waals surface area (Å²) in [6, 6.07) is 5.25. The highest BCUT2D eigenvalue weighted by molar-refractivity contribution is 5.86. The van der Waals surface area contributed by atoms with Crippen LogP contribution in [0, 0.1) is 16.0 Å². The topological polar surface area (TPSA) is 134 Å². The number of nitrogens with zero attached hydrogens (tertiary/aromatic N) is 1. The van der Waals surface area contributed by atoms with Crippen molar-refractivity contribution in [3.63, 3.8) is 0 Å². The molecule has 0 aliphatic carbocycles. The maximum atomic E-state index is 11.8. The minimum Gasteiger partial charge on any atom is -0.466 e. The Morgan fingerprint density at radius 2 is 1.96 bits per heavy atom. The Balaban J connectivity index is 1.77. The Bertz CT molecular complexity index is 718. The number of benzene rings is 1. The molecular formula is C17H20N2O8. The minimum absolute atomic E-state index is 0.0761. The van der Waals surface area contributed by atoms with Crippen molar-refractivity contribution in [2.75, 3.05) is 6.61 Å². The molecule has 1 amide bonds. The van der Waals surface area contributed by atoms with Crippen molar-refractivity contribution in [2.45, 2.75) is 38.8 Å². The number of non-ortho nitro benzene ring substituents is 1. The number of carbonyl (C=O) groups is 3. The van der Waals surface area contributed by atoms with Crippen LogP contribution in [0.1, 0.15) is 25.8 Å². The third-order valence-corrected chi connectivity index (χ3v) is 4.09. The van der Waals surface area contributed by atoms with Crippen molar-refractivity contribution in [3.05, 3.63) is 39.9 Å². The van der Waals surface area contributed by atoms with E-state index >= 15 is 0 Å². The molecule has 0 spiro atoms. The van der Waals surface area contributed by atoms with Gasteiger partial charge in [0.1, 0.15) is 6.10 Å². The molecule has 3 unspecified atom stereocenters. The number of esters is 1. The largest absolute Gasteiger partial charge is 0.466 e. The molecule has 1 aromatic rings. The molecule has 0 radical (unpaired) electrons. The Hall–Kier alpha value is -3.01. The quantitative estimate of drug-likeness (QED) is 0.221. The van der Waals surface area contributed by atoms with E-state index < -0.39 is 28.9 Å². The Kier molecular flexibility index (Phi) is 6.83. The van der Waals surface area contributed by atoms with Gasteiger partial charge in [0.15, 0.2) is 0 Å². The molecule has 3 atom stereocenters. The van der Waals surface area contributed by atoms with Gasteiger partial charge >= 0.3 is 11.9 Å². The molecule has 1 saturated heterocycles. The van der Waals surface area contributed by atoms with Crippen molar-refractivity contribution in [1.82, 2.24) is 5.32 Å². The summed E-state index contributed by atoms with van der Waals surface area (Å²) in [5.41, 5.74) is 0.454. The summed E-state index contributed by atoms with van der Waals surface area (Å²) in [5.74, 6) is -1.84. The van der Waals surface area contributed by atoms with Crippen LogP contribution in [-0.2, 0) is 35.3 Å². The average molecular weight is 380 g/mol. The number of hydrogen-bond donors (Lipinski definition) is 1. The number of hydrogen-bond acceptors (Lipinski definition) is 8. The molecule has 0 aromatic heterocycles. The normalized spacial score (nSPS) is 19.4. The van der Waals surface area contributed by atoms with Crippen molar-refractivity contribution in [1.29, 1.82) is 0 Å². The van der Waals surface area contributed by atoms with E-state index in [-0.39, 0.29) is 30.7 Å². The second-order valence-electron chi connectivity index (χ2n) is 6.13. The molecule has 1 aliphatic rings. The monoisotopic (exact) mass is 380 g/mol. The van der Waals surface area contributed by atoms with Crippen LogP contribution < -0.4 is 5.32 Å². The zero-order valence-corrected chi connectivity index (χ0v) is 14.9. The molecule has 1 N–H and O–H groups in total. The van der Waals surface area contributed by atoms with Gasteiger partial charge in [0.2, 0.25) is 5.91 Å². The van der Waals surface area contributed by atoms with E-state index in [0.717, 1.165) is 0 Å². The van der Waals surface area contributed by atoms with Gasteiger partial charge in [0.25, 0.3) is 5.69 Å². The second kappa shape index (κ2) is 9.08. The van der Waals surface area contributed by atoms with Crippen molar-refractivity contribution in [3.8, 4) is 0 Å². The predicted molar refractivity (Wildman–Crippen MR) is 90.1 cm³/mol. The van der Waals surface area contributed by atoms with Crippen LogP contribution in [0.5, 0.6) is 0 Å². The highest BCUT2D eigenvalue weighted by Crippen LogP contribution is 2.24. The molecule has 1 aliphatic heterocycles. The SMILES string of the molecule is CC(=O)OCCC1NC(=O)C1C(C)OOC(=O)Cc1ccc([N+](=O)[O-])cc1. The maximum Gasteiger partial charge on any atom is 0.346 e. The Labute approximate surface area is 154 Å². The molecule has 1 aromatic carbocycles. The summed E-state index contributed by atoms with van der Waals surface area (Å²) in [5, 5.41) is 13.3. The number of ether oxygens (including phenoxy) is 1. The molecule has 10 nitrogen and oxygen atoms in total. The van der Waals surface area contributed by atoms with Gasteiger partial charge in [-0.3, -0.25) is 24.6 Å². The molecular weight excluding hydrogens is 360 g/mol. The lowest BCUT2D eigenvalue weighted by molar-refractivity contribution is -0.384. The van der Waals surface area contributed by atoms with Gasteiger partial charge in [0.05, 0.1) is 23.9 Å². The third kappa shape index (κ3) is 5.74. The third-order valence-electron chi connectivity index (χ3n) is 4.09. The first-order chi connectivity index (χ1) is 12.8. The lowest BCUT2D eigenvalue weighted by Gasteiger charge is -2.39. The van der Waals surface area contributed by atoms with E-state index in [0.29, 0.717) is 12.0 Å². The summed E-state index contributed by atoms with van der Waals surface area (Å²) in [7, 11) is 0. The number of β-lactam (4-membered cyclic amide) rings is 1. The fraction of sp³-hybridized carbons (Fsp3) is 0.471. The number of rotatable bonds is 9. The lowest BCUT2D eigenvalue weighted by atomic mass is 9.84. The zero-order chi connectivity index (χ0) is 20.0. The Morgan fingerprint density at radius 1 is 1.30 bits per heavy atom. The standard InChI is InChI=1S/C17H20N2O8/c1-10(16-14(18-17(16)22)7-8-25-11(2)20)26-27-15(21)9-12-3-5-13(6-4-12)19(23)24/h3-6,10,14,16H,7-9H2,1-2H3,(H,18,22).